The second-order valence-corrected chi connectivity index (χ2v) is 11.8. The predicted molar refractivity (Wildman–Crippen MR) is 139 cm³/mol. The zero-order valence-electron chi connectivity index (χ0n) is 18.7. The van der Waals surface area contributed by atoms with Crippen LogP contribution in [0.25, 0.3) is 0 Å². The Morgan fingerprint density at radius 2 is 1.65 bits per heavy atom. The summed E-state index contributed by atoms with van der Waals surface area (Å²) in [5.74, 6) is 0.517. The fourth-order valence-electron chi connectivity index (χ4n) is 3.94. The van der Waals surface area contributed by atoms with Gasteiger partial charge in [0.25, 0.3) is 0 Å². The van der Waals surface area contributed by atoms with Crippen molar-refractivity contribution in [2.75, 3.05) is 18.4 Å². The first-order valence-electron chi connectivity index (χ1n) is 11.2. The summed E-state index contributed by atoms with van der Waals surface area (Å²) in [6, 6.07) is 25.0. The number of sulfonamides is 1. The first-order valence-corrected chi connectivity index (χ1v) is 14.2. The van der Waals surface area contributed by atoms with Gasteiger partial charge in [0.15, 0.2) is 0 Å². The lowest BCUT2D eigenvalue weighted by Crippen LogP contribution is -2.41. The summed E-state index contributed by atoms with van der Waals surface area (Å²) in [5.41, 5.74) is 2.61. The van der Waals surface area contributed by atoms with Crippen molar-refractivity contribution < 1.29 is 13.2 Å². The second-order valence-electron chi connectivity index (χ2n) is 8.35. The van der Waals surface area contributed by atoms with E-state index in [4.69, 9.17) is 11.6 Å². The molecule has 1 N–H and O–H groups in total. The highest BCUT2D eigenvalue weighted by Crippen LogP contribution is 2.25. The molecule has 8 heteroatoms. The quantitative estimate of drug-likeness (QED) is 0.385. The molecule has 3 aromatic rings. The molecule has 0 saturated carbocycles. The topological polar surface area (TPSA) is 66.5 Å². The van der Waals surface area contributed by atoms with E-state index in [1.807, 2.05) is 42.5 Å². The van der Waals surface area contributed by atoms with Crippen molar-refractivity contribution in [3.8, 4) is 0 Å². The summed E-state index contributed by atoms with van der Waals surface area (Å²) in [7, 11) is -3.45. The van der Waals surface area contributed by atoms with E-state index >= 15 is 0 Å². The SMILES string of the molecule is O=C(Nc1ccc(CSc2ccccc2)cc1)C1CCN(S(=O)(=O)Cc2cccc(Cl)c2)CC1. The number of thioether (sulfide) groups is 1. The molecule has 1 amide bonds. The van der Waals surface area contributed by atoms with E-state index < -0.39 is 10.0 Å². The van der Waals surface area contributed by atoms with Crippen LogP contribution in [0.15, 0.2) is 83.8 Å². The van der Waals surface area contributed by atoms with E-state index in [9.17, 15) is 13.2 Å². The number of rotatable bonds is 8. The molecule has 1 heterocycles. The minimum absolute atomic E-state index is 0.0571. The van der Waals surface area contributed by atoms with Crippen LogP contribution in [-0.2, 0) is 26.3 Å². The number of amides is 1. The minimum atomic E-state index is -3.45. The molecule has 1 fully saturated rings. The molecule has 0 unspecified atom stereocenters. The summed E-state index contributed by atoms with van der Waals surface area (Å²) < 4.78 is 27.1. The number of nitrogens with one attached hydrogen (secondary N) is 1. The van der Waals surface area contributed by atoms with Crippen LogP contribution in [-0.4, -0.2) is 31.7 Å². The van der Waals surface area contributed by atoms with Crippen LogP contribution in [0.1, 0.15) is 24.0 Å². The number of piperidine rings is 1. The van der Waals surface area contributed by atoms with Gasteiger partial charge in [0.05, 0.1) is 5.75 Å². The molecule has 0 atom stereocenters. The zero-order valence-corrected chi connectivity index (χ0v) is 21.1. The van der Waals surface area contributed by atoms with Crippen molar-refractivity contribution in [2.45, 2.75) is 29.2 Å². The molecule has 34 heavy (non-hydrogen) atoms. The Kier molecular flexibility index (Phi) is 8.32. The van der Waals surface area contributed by atoms with Crippen LogP contribution < -0.4 is 5.32 Å². The number of nitrogens with zero attached hydrogens (tertiary/aromatic N) is 1. The van der Waals surface area contributed by atoms with E-state index in [1.165, 1.54) is 14.8 Å². The molecule has 0 radical (unpaired) electrons. The Hall–Kier alpha value is -2.32. The Morgan fingerprint density at radius 1 is 0.941 bits per heavy atom. The second kappa shape index (κ2) is 11.4. The molecule has 1 saturated heterocycles. The standard InChI is InChI=1S/C26H27ClN2O3S2/c27-23-6-4-5-21(17-23)19-34(31,32)29-15-13-22(14-16-29)26(30)28-24-11-9-20(10-12-24)18-33-25-7-2-1-3-8-25/h1-12,17,22H,13-16,18-19H2,(H,28,30). The van der Waals surface area contributed by atoms with Crippen LogP contribution in [0.2, 0.25) is 5.02 Å². The Balaban J connectivity index is 1.25. The lowest BCUT2D eigenvalue weighted by atomic mass is 9.97. The van der Waals surface area contributed by atoms with Gasteiger partial charge in [-0.1, -0.05) is 54.1 Å². The van der Waals surface area contributed by atoms with Crippen molar-refractivity contribution >= 4 is 45.0 Å². The maximum Gasteiger partial charge on any atom is 0.227 e. The normalized spacial score (nSPS) is 15.2. The van der Waals surface area contributed by atoms with E-state index in [0.717, 1.165) is 11.4 Å². The molecule has 5 nitrogen and oxygen atoms in total. The average molecular weight is 515 g/mol. The van der Waals surface area contributed by atoms with Crippen molar-refractivity contribution in [1.82, 2.24) is 4.31 Å². The monoisotopic (exact) mass is 514 g/mol. The van der Waals surface area contributed by atoms with Crippen molar-refractivity contribution in [3.63, 3.8) is 0 Å². The summed E-state index contributed by atoms with van der Waals surface area (Å²) >= 11 is 7.75. The maximum absolute atomic E-state index is 12.8. The largest absolute Gasteiger partial charge is 0.326 e. The molecule has 0 bridgehead atoms. The number of carbonyl (C=O) groups is 1. The van der Waals surface area contributed by atoms with Gasteiger partial charge >= 0.3 is 0 Å². The van der Waals surface area contributed by atoms with Crippen LogP contribution in [0, 0.1) is 5.92 Å². The smallest absolute Gasteiger partial charge is 0.227 e. The van der Waals surface area contributed by atoms with Crippen molar-refractivity contribution in [2.24, 2.45) is 5.92 Å². The minimum Gasteiger partial charge on any atom is -0.326 e. The van der Waals surface area contributed by atoms with E-state index in [1.54, 1.807) is 36.0 Å². The van der Waals surface area contributed by atoms with Gasteiger partial charge in [0.1, 0.15) is 0 Å². The number of hydrogen-bond acceptors (Lipinski definition) is 4. The molecular formula is C26H27ClN2O3S2. The van der Waals surface area contributed by atoms with Gasteiger partial charge in [-0.2, -0.15) is 0 Å². The zero-order chi connectivity index (χ0) is 24.0. The van der Waals surface area contributed by atoms with Gasteiger partial charge in [-0.15, -0.1) is 11.8 Å². The molecule has 0 aliphatic carbocycles. The van der Waals surface area contributed by atoms with Gasteiger partial charge < -0.3 is 5.32 Å². The Labute approximate surface area is 210 Å². The number of halogens is 1. The van der Waals surface area contributed by atoms with Gasteiger partial charge in [-0.25, -0.2) is 12.7 Å². The molecule has 178 valence electrons. The molecule has 0 spiro atoms. The van der Waals surface area contributed by atoms with Crippen LogP contribution in [0.5, 0.6) is 0 Å². The lowest BCUT2D eigenvalue weighted by Gasteiger charge is -2.30. The average Bonchev–Trinajstić information content (AvgIpc) is 2.84. The third kappa shape index (κ3) is 6.85. The van der Waals surface area contributed by atoms with Gasteiger partial charge in [-0.05, 0) is 60.4 Å². The number of anilines is 1. The molecule has 1 aliphatic rings. The van der Waals surface area contributed by atoms with Crippen molar-refractivity contribution in [1.29, 1.82) is 0 Å². The van der Waals surface area contributed by atoms with E-state index in [0.29, 0.717) is 36.5 Å². The number of carbonyl (C=O) groups excluding carboxylic acids is 1. The molecular weight excluding hydrogens is 488 g/mol. The lowest BCUT2D eigenvalue weighted by molar-refractivity contribution is -0.120. The van der Waals surface area contributed by atoms with Crippen LogP contribution >= 0.6 is 23.4 Å². The summed E-state index contributed by atoms with van der Waals surface area (Å²) in [4.78, 5) is 14.0. The highest BCUT2D eigenvalue weighted by Gasteiger charge is 2.31. The number of hydrogen-bond donors (Lipinski definition) is 1. The first-order chi connectivity index (χ1) is 16.4. The summed E-state index contributed by atoms with van der Waals surface area (Å²) in [6.45, 7) is 0.688. The summed E-state index contributed by atoms with van der Waals surface area (Å²) in [6.07, 6.45) is 1.01. The predicted octanol–water partition coefficient (Wildman–Crippen LogP) is 5.81. The van der Waals surface area contributed by atoms with Gasteiger partial charge in [0.2, 0.25) is 15.9 Å². The van der Waals surface area contributed by atoms with Crippen LogP contribution in [0.4, 0.5) is 5.69 Å². The fraction of sp³-hybridized carbons (Fsp3) is 0.269. The molecule has 3 aromatic carbocycles. The summed E-state index contributed by atoms with van der Waals surface area (Å²) in [5, 5.41) is 3.50. The van der Waals surface area contributed by atoms with Crippen LogP contribution in [0.3, 0.4) is 0 Å². The molecule has 1 aliphatic heterocycles. The Bertz CT molecular complexity index is 1210. The van der Waals surface area contributed by atoms with Gasteiger partial charge in [-0.3, -0.25) is 4.79 Å². The van der Waals surface area contributed by atoms with E-state index in [2.05, 4.69) is 17.4 Å². The number of benzene rings is 3. The molecule has 4 rings (SSSR count). The third-order valence-corrected chi connectivity index (χ3v) is 8.99. The fourth-order valence-corrected chi connectivity index (χ4v) is 6.58. The van der Waals surface area contributed by atoms with Gasteiger partial charge in [0, 0.05) is 40.4 Å². The van der Waals surface area contributed by atoms with E-state index in [-0.39, 0.29) is 17.6 Å². The molecule has 0 aromatic heterocycles. The highest BCUT2D eigenvalue weighted by molar-refractivity contribution is 7.98. The Morgan fingerprint density at radius 3 is 2.32 bits per heavy atom. The highest BCUT2D eigenvalue weighted by atomic mass is 35.5. The maximum atomic E-state index is 12.8. The first kappa shape index (κ1) is 24.8. The van der Waals surface area contributed by atoms with Crippen molar-refractivity contribution in [3.05, 3.63) is 95.0 Å². The third-order valence-electron chi connectivity index (χ3n) is 5.83.